The first-order chi connectivity index (χ1) is 8.67. The molecule has 0 saturated carbocycles. The van der Waals surface area contributed by atoms with Gasteiger partial charge in [-0.15, -0.1) is 0 Å². The molecule has 2 rings (SSSR count). The number of aliphatic hydroxyl groups is 1. The molecular weight excluding hydrogens is 248 g/mol. The van der Waals surface area contributed by atoms with Crippen molar-refractivity contribution in [2.75, 3.05) is 19.5 Å². The van der Waals surface area contributed by atoms with E-state index in [1.165, 1.54) is 6.42 Å². The molecule has 1 aromatic heterocycles. The maximum absolute atomic E-state index is 10.6. The summed E-state index contributed by atoms with van der Waals surface area (Å²) in [5.74, 6) is 1.14. The van der Waals surface area contributed by atoms with Crippen molar-refractivity contribution in [2.24, 2.45) is 0 Å². The summed E-state index contributed by atoms with van der Waals surface area (Å²) in [5, 5.41) is 14.9. The lowest BCUT2D eigenvalue weighted by atomic mass is 9.96. The molecule has 1 N–H and O–H groups in total. The number of hydrogen-bond donors (Lipinski definition) is 1. The van der Waals surface area contributed by atoms with E-state index in [2.05, 4.69) is 12.0 Å². The van der Waals surface area contributed by atoms with Crippen LogP contribution in [0.25, 0.3) is 0 Å². The Morgan fingerprint density at radius 2 is 2.50 bits per heavy atom. The van der Waals surface area contributed by atoms with Crippen molar-refractivity contribution in [1.29, 1.82) is 0 Å². The molecule has 2 heterocycles. The average Bonchev–Trinajstić information content (AvgIpc) is 2.98. The molecule has 0 spiro atoms. The van der Waals surface area contributed by atoms with Crippen LogP contribution in [0.5, 0.6) is 0 Å². The van der Waals surface area contributed by atoms with Gasteiger partial charge in [0.05, 0.1) is 5.69 Å². The van der Waals surface area contributed by atoms with E-state index in [9.17, 15) is 5.11 Å². The zero-order valence-corrected chi connectivity index (χ0v) is 11.9. The molecule has 2 atom stereocenters. The van der Waals surface area contributed by atoms with E-state index in [1.54, 1.807) is 13.3 Å². The molecule has 0 radical (unpaired) electrons. The third-order valence-electron chi connectivity index (χ3n) is 3.58. The number of hydrogen-bond acceptors (Lipinski definition) is 4. The highest BCUT2D eigenvalue weighted by atomic mass is 32.2. The quantitative estimate of drug-likeness (QED) is 0.805. The van der Waals surface area contributed by atoms with Gasteiger partial charge in [-0.3, -0.25) is 4.68 Å². The molecule has 102 valence electrons. The maximum atomic E-state index is 10.6. The number of ether oxygens (including phenoxy) is 1. The Labute approximate surface area is 113 Å². The predicted octanol–water partition coefficient (Wildman–Crippen LogP) is 2.24. The fraction of sp³-hybridized carbons (Fsp3) is 0.769. The van der Waals surface area contributed by atoms with Crippen molar-refractivity contribution in [3.8, 4) is 0 Å². The fourth-order valence-corrected chi connectivity index (χ4v) is 3.77. The SMILES string of the molecule is COCCCn1nccc1C(O)C1(C)CCCS1. The minimum absolute atomic E-state index is 0.0565. The summed E-state index contributed by atoms with van der Waals surface area (Å²) in [5.41, 5.74) is 0.933. The molecule has 1 aromatic rings. The Morgan fingerprint density at radius 1 is 1.67 bits per heavy atom. The van der Waals surface area contributed by atoms with Gasteiger partial charge in [0.15, 0.2) is 0 Å². The maximum Gasteiger partial charge on any atom is 0.110 e. The monoisotopic (exact) mass is 270 g/mol. The zero-order chi connectivity index (χ0) is 13.0. The lowest BCUT2D eigenvalue weighted by Crippen LogP contribution is -2.28. The molecule has 5 heteroatoms. The minimum Gasteiger partial charge on any atom is -0.385 e. The zero-order valence-electron chi connectivity index (χ0n) is 11.1. The van der Waals surface area contributed by atoms with Gasteiger partial charge in [-0.05, 0) is 38.0 Å². The van der Waals surface area contributed by atoms with Gasteiger partial charge >= 0.3 is 0 Å². The molecule has 1 fully saturated rings. The van der Waals surface area contributed by atoms with Crippen LogP contribution in [0.15, 0.2) is 12.3 Å². The van der Waals surface area contributed by atoms with E-state index in [1.807, 2.05) is 22.5 Å². The summed E-state index contributed by atoms with van der Waals surface area (Å²) in [6.45, 7) is 3.68. The summed E-state index contributed by atoms with van der Waals surface area (Å²) in [7, 11) is 1.70. The summed E-state index contributed by atoms with van der Waals surface area (Å²) < 4.78 is 6.91. The van der Waals surface area contributed by atoms with Gasteiger partial charge in [-0.25, -0.2) is 0 Å². The van der Waals surface area contributed by atoms with Crippen molar-refractivity contribution in [2.45, 2.75) is 43.6 Å². The summed E-state index contributed by atoms with van der Waals surface area (Å²) in [6, 6.07) is 1.93. The van der Waals surface area contributed by atoms with Crippen LogP contribution in [0.2, 0.25) is 0 Å². The van der Waals surface area contributed by atoms with E-state index in [0.717, 1.165) is 37.4 Å². The molecule has 0 amide bonds. The average molecular weight is 270 g/mol. The molecule has 1 saturated heterocycles. The van der Waals surface area contributed by atoms with Crippen LogP contribution >= 0.6 is 11.8 Å². The largest absolute Gasteiger partial charge is 0.385 e. The first-order valence-corrected chi connectivity index (χ1v) is 7.48. The van der Waals surface area contributed by atoms with Crippen LogP contribution in [0.4, 0.5) is 0 Å². The molecular formula is C13H22N2O2S. The highest BCUT2D eigenvalue weighted by Crippen LogP contribution is 2.46. The lowest BCUT2D eigenvalue weighted by Gasteiger charge is -2.29. The van der Waals surface area contributed by atoms with E-state index in [0.29, 0.717) is 0 Å². The van der Waals surface area contributed by atoms with Crippen molar-refractivity contribution in [1.82, 2.24) is 9.78 Å². The molecule has 0 aromatic carbocycles. The Hall–Kier alpha value is -0.520. The molecule has 1 aliphatic rings. The van der Waals surface area contributed by atoms with Crippen LogP contribution in [0, 0.1) is 0 Å². The molecule has 0 aliphatic carbocycles. The standard InChI is InChI=1S/C13H22N2O2S/c1-13(6-3-10-18-13)12(16)11-5-7-14-15(11)8-4-9-17-2/h5,7,12,16H,3-4,6,8-10H2,1-2H3. The molecule has 2 unspecified atom stereocenters. The smallest absolute Gasteiger partial charge is 0.110 e. The number of rotatable bonds is 6. The van der Waals surface area contributed by atoms with E-state index >= 15 is 0 Å². The number of thioether (sulfide) groups is 1. The van der Waals surface area contributed by atoms with Gasteiger partial charge in [0, 0.05) is 31.2 Å². The predicted molar refractivity (Wildman–Crippen MR) is 73.8 cm³/mol. The number of aryl methyl sites for hydroxylation is 1. The van der Waals surface area contributed by atoms with Crippen LogP contribution in [-0.2, 0) is 11.3 Å². The summed E-state index contributed by atoms with van der Waals surface area (Å²) in [4.78, 5) is 0. The van der Waals surface area contributed by atoms with Gasteiger partial charge < -0.3 is 9.84 Å². The van der Waals surface area contributed by atoms with Crippen LogP contribution in [0.1, 0.15) is 38.0 Å². The second-order valence-corrected chi connectivity index (χ2v) is 6.62. The van der Waals surface area contributed by atoms with Gasteiger partial charge in [-0.2, -0.15) is 16.9 Å². The third kappa shape index (κ3) is 2.90. The van der Waals surface area contributed by atoms with E-state index < -0.39 is 6.10 Å². The van der Waals surface area contributed by atoms with Crippen molar-refractivity contribution >= 4 is 11.8 Å². The van der Waals surface area contributed by atoms with Crippen LogP contribution in [0.3, 0.4) is 0 Å². The van der Waals surface area contributed by atoms with E-state index in [4.69, 9.17) is 4.74 Å². The fourth-order valence-electron chi connectivity index (χ4n) is 2.45. The van der Waals surface area contributed by atoms with Gasteiger partial charge in [0.2, 0.25) is 0 Å². The first kappa shape index (κ1) is 13.9. The lowest BCUT2D eigenvalue weighted by molar-refractivity contribution is 0.123. The number of aromatic nitrogens is 2. The van der Waals surface area contributed by atoms with Gasteiger partial charge in [0.25, 0.3) is 0 Å². The topological polar surface area (TPSA) is 47.3 Å². The molecule has 1 aliphatic heterocycles. The van der Waals surface area contributed by atoms with Crippen LogP contribution in [-0.4, -0.2) is 39.1 Å². The normalized spacial score (nSPS) is 25.5. The molecule has 0 bridgehead atoms. The first-order valence-electron chi connectivity index (χ1n) is 6.50. The Morgan fingerprint density at radius 3 is 3.17 bits per heavy atom. The number of aliphatic hydroxyl groups excluding tert-OH is 1. The number of methoxy groups -OCH3 is 1. The van der Waals surface area contributed by atoms with Gasteiger partial charge in [-0.1, -0.05) is 0 Å². The second kappa shape index (κ2) is 6.08. The van der Waals surface area contributed by atoms with Gasteiger partial charge in [0.1, 0.15) is 6.10 Å². The Balaban J connectivity index is 2.05. The highest BCUT2D eigenvalue weighted by molar-refractivity contribution is 8.00. The Kier molecular flexibility index (Phi) is 4.70. The minimum atomic E-state index is -0.435. The third-order valence-corrected chi connectivity index (χ3v) is 5.16. The number of nitrogens with zero attached hydrogens (tertiary/aromatic N) is 2. The van der Waals surface area contributed by atoms with E-state index in [-0.39, 0.29) is 4.75 Å². The summed E-state index contributed by atoms with van der Waals surface area (Å²) >= 11 is 1.87. The Bertz CT molecular complexity index is 375. The summed E-state index contributed by atoms with van der Waals surface area (Å²) in [6.07, 6.45) is 4.52. The second-order valence-electron chi connectivity index (χ2n) is 4.99. The van der Waals surface area contributed by atoms with Crippen molar-refractivity contribution in [3.63, 3.8) is 0 Å². The highest BCUT2D eigenvalue weighted by Gasteiger charge is 2.39. The van der Waals surface area contributed by atoms with Crippen molar-refractivity contribution < 1.29 is 9.84 Å². The van der Waals surface area contributed by atoms with Crippen molar-refractivity contribution in [3.05, 3.63) is 18.0 Å². The molecule has 18 heavy (non-hydrogen) atoms. The molecule has 4 nitrogen and oxygen atoms in total. The van der Waals surface area contributed by atoms with Crippen LogP contribution < -0.4 is 0 Å².